The molecule has 0 radical (unpaired) electrons. The summed E-state index contributed by atoms with van der Waals surface area (Å²) in [5.41, 5.74) is 13.9. The quantitative estimate of drug-likeness (QED) is 0.724. The van der Waals surface area contributed by atoms with Gasteiger partial charge in [0, 0.05) is 17.2 Å². The fourth-order valence-electron chi connectivity index (χ4n) is 2.14. The monoisotopic (exact) mass is 343 g/mol. The van der Waals surface area contributed by atoms with Crippen molar-refractivity contribution in [2.24, 2.45) is 5.92 Å². The smallest absolute Gasteiger partial charge is 0.229 e. The van der Waals surface area contributed by atoms with Crippen molar-refractivity contribution in [3.05, 3.63) is 29.8 Å². The molecule has 1 heterocycles. The van der Waals surface area contributed by atoms with Crippen molar-refractivity contribution in [3.63, 3.8) is 0 Å². The van der Waals surface area contributed by atoms with Crippen LogP contribution >= 0.6 is 0 Å². The van der Waals surface area contributed by atoms with Crippen molar-refractivity contribution in [1.29, 1.82) is 0 Å². The number of hydrogen-bond donors (Lipinski definition) is 3. The molecule has 0 atom stereocenters. The van der Waals surface area contributed by atoms with Crippen LogP contribution in [0.4, 0.5) is 17.5 Å². The summed E-state index contributed by atoms with van der Waals surface area (Å²) in [6.45, 7) is 0. The number of sulfonamides is 1. The molecule has 1 aromatic carbocycles. The Labute approximate surface area is 140 Å². The van der Waals surface area contributed by atoms with Crippen molar-refractivity contribution in [2.75, 3.05) is 22.4 Å². The minimum atomic E-state index is -3.33. The molecule has 124 valence electrons. The van der Waals surface area contributed by atoms with E-state index in [2.05, 4.69) is 26.5 Å². The van der Waals surface area contributed by atoms with Crippen LogP contribution in [-0.4, -0.2) is 24.6 Å². The molecule has 0 amide bonds. The highest BCUT2D eigenvalue weighted by atomic mass is 32.2. The zero-order chi connectivity index (χ0) is 17.3. The fourth-order valence-corrected chi connectivity index (χ4v) is 2.70. The maximum atomic E-state index is 11.3. The molecule has 3 rings (SSSR count). The van der Waals surface area contributed by atoms with E-state index in [0.29, 0.717) is 22.9 Å². The first-order valence-electron chi connectivity index (χ1n) is 7.34. The van der Waals surface area contributed by atoms with E-state index >= 15 is 0 Å². The molecule has 8 heteroatoms. The van der Waals surface area contributed by atoms with E-state index in [4.69, 9.17) is 11.5 Å². The van der Waals surface area contributed by atoms with Gasteiger partial charge >= 0.3 is 0 Å². The van der Waals surface area contributed by atoms with E-state index in [1.165, 1.54) is 0 Å². The molecule has 1 saturated carbocycles. The number of nitrogen functional groups attached to an aromatic ring is 2. The molecule has 1 aromatic heterocycles. The fraction of sp³-hybridized carbons (Fsp3) is 0.250. The van der Waals surface area contributed by atoms with Crippen LogP contribution in [0.15, 0.2) is 24.3 Å². The van der Waals surface area contributed by atoms with Crippen LogP contribution in [0.25, 0.3) is 11.3 Å². The summed E-state index contributed by atoms with van der Waals surface area (Å²) in [7, 11) is -3.33. The van der Waals surface area contributed by atoms with Gasteiger partial charge < -0.3 is 11.5 Å². The summed E-state index contributed by atoms with van der Waals surface area (Å²) >= 11 is 0. The van der Waals surface area contributed by atoms with Crippen LogP contribution in [0, 0.1) is 17.8 Å². The summed E-state index contributed by atoms with van der Waals surface area (Å²) in [6, 6.07) is 6.75. The lowest BCUT2D eigenvalue weighted by Gasteiger charge is -2.09. The Balaban J connectivity index is 2.00. The van der Waals surface area contributed by atoms with Gasteiger partial charge in [0.25, 0.3) is 0 Å². The first kappa shape index (κ1) is 16.1. The predicted octanol–water partition coefficient (Wildman–Crippen LogP) is 1.44. The third kappa shape index (κ3) is 3.94. The van der Waals surface area contributed by atoms with Gasteiger partial charge in [0.15, 0.2) is 0 Å². The van der Waals surface area contributed by atoms with Gasteiger partial charge in [-0.15, -0.1) is 0 Å². The lowest BCUT2D eigenvalue weighted by Crippen LogP contribution is -2.09. The first-order valence-corrected chi connectivity index (χ1v) is 9.24. The zero-order valence-corrected chi connectivity index (χ0v) is 13.9. The molecule has 1 fully saturated rings. The summed E-state index contributed by atoms with van der Waals surface area (Å²) < 4.78 is 24.9. The molecule has 0 unspecified atom stereocenters. The largest absolute Gasteiger partial charge is 0.382 e. The Morgan fingerprint density at radius 1 is 1.17 bits per heavy atom. The number of benzene rings is 1. The third-order valence-corrected chi connectivity index (χ3v) is 4.00. The maximum Gasteiger partial charge on any atom is 0.229 e. The molecule has 1 aliphatic carbocycles. The number of nitrogens with zero attached hydrogens (tertiary/aromatic N) is 2. The Morgan fingerprint density at radius 3 is 2.42 bits per heavy atom. The predicted molar refractivity (Wildman–Crippen MR) is 94.4 cm³/mol. The number of nitrogens with two attached hydrogens (primary N) is 2. The van der Waals surface area contributed by atoms with Gasteiger partial charge in [-0.1, -0.05) is 24.0 Å². The van der Waals surface area contributed by atoms with E-state index in [1.54, 1.807) is 24.3 Å². The molecule has 0 saturated heterocycles. The second-order valence-electron chi connectivity index (χ2n) is 5.69. The lowest BCUT2D eigenvalue weighted by molar-refractivity contribution is 0.607. The maximum absolute atomic E-state index is 11.3. The van der Waals surface area contributed by atoms with Crippen LogP contribution < -0.4 is 16.2 Å². The highest BCUT2D eigenvalue weighted by Gasteiger charge is 2.19. The number of nitrogens with one attached hydrogen (secondary N) is 1. The molecule has 1 aliphatic rings. The number of anilines is 3. The van der Waals surface area contributed by atoms with E-state index < -0.39 is 10.0 Å². The van der Waals surface area contributed by atoms with Gasteiger partial charge in [-0.05, 0) is 25.0 Å². The second-order valence-corrected chi connectivity index (χ2v) is 7.43. The van der Waals surface area contributed by atoms with Crippen LogP contribution in [0.2, 0.25) is 0 Å². The van der Waals surface area contributed by atoms with Gasteiger partial charge in [0.05, 0.1) is 17.5 Å². The molecule has 2 aromatic rings. The van der Waals surface area contributed by atoms with Crippen molar-refractivity contribution >= 4 is 27.5 Å². The standard InChI is InChI=1S/C16H17N5O2S/c1-24(22,23)21-12-7-5-11(6-8-12)14-13(9-4-10-2-3-10)15(17)20-16(18)19-14/h5-8,10,21H,2-3H2,1H3,(H4,17,18,19,20). The van der Waals surface area contributed by atoms with Gasteiger partial charge in [-0.3, -0.25) is 4.72 Å². The summed E-state index contributed by atoms with van der Waals surface area (Å²) in [5, 5.41) is 0. The first-order chi connectivity index (χ1) is 11.3. The van der Waals surface area contributed by atoms with Gasteiger partial charge in [0.2, 0.25) is 16.0 Å². The number of aromatic nitrogens is 2. The lowest BCUT2D eigenvalue weighted by atomic mass is 10.1. The number of rotatable bonds is 3. The molecule has 7 nitrogen and oxygen atoms in total. The highest BCUT2D eigenvalue weighted by molar-refractivity contribution is 7.92. The van der Waals surface area contributed by atoms with E-state index in [9.17, 15) is 8.42 Å². The van der Waals surface area contributed by atoms with E-state index in [-0.39, 0.29) is 11.8 Å². The van der Waals surface area contributed by atoms with Crippen LogP contribution in [0.5, 0.6) is 0 Å². The van der Waals surface area contributed by atoms with Crippen molar-refractivity contribution < 1.29 is 8.42 Å². The van der Waals surface area contributed by atoms with E-state index in [1.807, 2.05) is 0 Å². The molecular weight excluding hydrogens is 326 g/mol. The summed E-state index contributed by atoms with van der Waals surface area (Å²) in [5.74, 6) is 6.92. The average Bonchev–Trinajstić information content (AvgIpc) is 3.29. The van der Waals surface area contributed by atoms with Gasteiger partial charge in [-0.2, -0.15) is 4.98 Å². The second kappa shape index (κ2) is 6.02. The summed E-state index contributed by atoms with van der Waals surface area (Å²) in [4.78, 5) is 8.23. The molecule has 0 spiro atoms. The van der Waals surface area contributed by atoms with Crippen LogP contribution in [0.3, 0.4) is 0 Å². The average molecular weight is 343 g/mol. The minimum Gasteiger partial charge on any atom is -0.382 e. The van der Waals surface area contributed by atoms with Gasteiger partial charge in [0.1, 0.15) is 5.82 Å². The normalized spacial score (nSPS) is 13.9. The molecule has 0 aliphatic heterocycles. The van der Waals surface area contributed by atoms with E-state index in [0.717, 1.165) is 24.7 Å². The molecule has 24 heavy (non-hydrogen) atoms. The van der Waals surface area contributed by atoms with Crippen molar-refractivity contribution in [1.82, 2.24) is 9.97 Å². The Hall–Kier alpha value is -2.79. The van der Waals surface area contributed by atoms with Crippen molar-refractivity contribution in [2.45, 2.75) is 12.8 Å². The third-order valence-electron chi connectivity index (χ3n) is 3.39. The van der Waals surface area contributed by atoms with Gasteiger partial charge in [-0.25, -0.2) is 13.4 Å². The molecule has 5 N–H and O–H groups in total. The summed E-state index contributed by atoms with van der Waals surface area (Å²) in [6.07, 6.45) is 3.30. The minimum absolute atomic E-state index is 0.0674. The Morgan fingerprint density at radius 2 is 1.83 bits per heavy atom. The molecule has 0 bridgehead atoms. The Kier molecular flexibility index (Phi) is 4.03. The van der Waals surface area contributed by atoms with Crippen LogP contribution in [-0.2, 0) is 10.0 Å². The zero-order valence-electron chi connectivity index (χ0n) is 13.1. The van der Waals surface area contributed by atoms with Crippen molar-refractivity contribution in [3.8, 4) is 23.1 Å². The Bertz CT molecular complexity index is 939. The van der Waals surface area contributed by atoms with Crippen LogP contribution in [0.1, 0.15) is 18.4 Å². The topological polar surface area (TPSA) is 124 Å². The molecular formula is C16H17N5O2S. The highest BCUT2D eigenvalue weighted by Crippen LogP contribution is 2.30. The number of hydrogen-bond acceptors (Lipinski definition) is 6. The SMILES string of the molecule is CS(=O)(=O)Nc1ccc(-c2nc(N)nc(N)c2C#CC2CC2)cc1.